The van der Waals surface area contributed by atoms with Crippen molar-refractivity contribution in [3.8, 4) is 0 Å². The van der Waals surface area contributed by atoms with Gasteiger partial charge in [-0.15, -0.1) is 0 Å². The largest absolute Gasteiger partial charge is 0.394 e. The predicted octanol–water partition coefficient (Wildman–Crippen LogP) is 0.268. The highest BCUT2D eigenvalue weighted by Crippen LogP contribution is 2.51. The van der Waals surface area contributed by atoms with Gasteiger partial charge in [0.1, 0.15) is 6.10 Å². The number of rotatable bonds is 17. The molecule has 4 unspecified atom stereocenters. The molecule has 0 aromatic rings. The summed E-state index contributed by atoms with van der Waals surface area (Å²) in [7, 11) is 3.31. The van der Waals surface area contributed by atoms with Gasteiger partial charge in [-0.3, -0.25) is 0 Å². The highest BCUT2D eigenvalue weighted by molar-refractivity contribution is 5.09. The van der Waals surface area contributed by atoms with Crippen LogP contribution < -0.4 is 0 Å². The minimum atomic E-state index is -0.135. The Labute approximate surface area is 179 Å². The molecule has 2 heterocycles. The van der Waals surface area contributed by atoms with Crippen LogP contribution in [0.2, 0.25) is 0 Å². The Bertz CT molecular complexity index is 432. The van der Waals surface area contributed by atoms with E-state index in [1.54, 1.807) is 14.2 Å². The molecule has 7 atom stereocenters. The molecule has 9 heteroatoms. The first kappa shape index (κ1) is 24.3. The summed E-state index contributed by atoms with van der Waals surface area (Å²) < 4.78 is 45.9. The molecule has 2 saturated heterocycles. The molecule has 2 saturated carbocycles. The number of ether oxygens (including phenoxy) is 8. The van der Waals surface area contributed by atoms with Gasteiger partial charge in [-0.2, -0.15) is 0 Å². The van der Waals surface area contributed by atoms with Crippen molar-refractivity contribution in [3.63, 3.8) is 0 Å². The summed E-state index contributed by atoms with van der Waals surface area (Å²) in [4.78, 5) is 0. The zero-order valence-corrected chi connectivity index (χ0v) is 18.2. The van der Waals surface area contributed by atoms with Gasteiger partial charge < -0.3 is 43.0 Å². The summed E-state index contributed by atoms with van der Waals surface area (Å²) in [6.45, 7) is 4.58. The summed E-state index contributed by atoms with van der Waals surface area (Å²) in [6.07, 6.45) is 1.76. The van der Waals surface area contributed by atoms with Crippen molar-refractivity contribution in [2.75, 3.05) is 80.3 Å². The summed E-state index contributed by atoms with van der Waals surface area (Å²) in [5, 5.41) is 9.26. The molecule has 0 spiro atoms. The molecule has 9 nitrogen and oxygen atoms in total. The molecule has 1 N–H and O–H groups in total. The van der Waals surface area contributed by atoms with E-state index in [0.29, 0.717) is 52.9 Å². The van der Waals surface area contributed by atoms with Crippen LogP contribution in [0.5, 0.6) is 0 Å². The third-order valence-electron chi connectivity index (χ3n) is 6.10. The molecule has 2 aliphatic heterocycles. The van der Waals surface area contributed by atoms with E-state index in [1.807, 2.05) is 0 Å². The van der Waals surface area contributed by atoms with Crippen LogP contribution in [0.25, 0.3) is 0 Å². The number of hydrogen-bond acceptors (Lipinski definition) is 9. The van der Waals surface area contributed by atoms with Crippen LogP contribution in [-0.2, 0) is 37.9 Å². The van der Waals surface area contributed by atoms with E-state index in [1.165, 1.54) is 0 Å². The van der Waals surface area contributed by atoms with Crippen LogP contribution in [-0.4, -0.2) is 116 Å². The van der Waals surface area contributed by atoms with Gasteiger partial charge in [-0.1, -0.05) is 0 Å². The second kappa shape index (κ2) is 13.2. The van der Waals surface area contributed by atoms with Gasteiger partial charge >= 0.3 is 0 Å². The molecule has 0 amide bonds. The Hall–Kier alpha value is -0.360. The van der Waals surface area contributed by atoms with Crippen LogP contribution in [0.4, 0.5) is 0 Å². The first-order valence-electron chi connectivity index (χ1n) is 11.0. The van der Waals surface area contributed by atoms with Gasteiger partial charge in [0.25, 0.3) is 0 Å². The first-order chi connectivity index (χ1) is 14.8. The lowest BCUT2D eigenvalue weighted by Crippen LogP contribution is -2.69. The molecule has 4 aliphatic rings. The summed E-state index contributed by atoms with van der Waals surface area (Å²) in [6, 6.07) is 0. The molecule has 2 aliphatic carbocycles. The van der Waals surface area contributed by atoms with Crippen molar-refractivity contribution in [2.24, 2.45) is 11.8 Å². The summed E-state index contributed by atoms with van der Waals surface area (Å²) in [5.74, 6) is 0.509. The molecular formula is C21H38O9. The van der Waals surface area contributed by atoms with E-state index in [4.69, 9.17) is 37.9 Å². The predicted molar refractivity (Wildman–Crippen MR) is 107 cm³/mol. The van der Waals surface area contributed by atoms with Crippen LogP contribution in [0, 0.1) is 11.8 Å². The molecule has 4 rings (SSSR count). The van der Waals surface area contributed by atoms with Crippen LogP contribution in [0.3, 0.4) is 0 Å². The van der Waals surface area contributed by atoms with E-state index in [0.717, 1.165) is 12.8 Å². The van der Waals surface area contributed by atoms with Crippen molar-refractivity contribution < 1.29 is 43.0 Å². The number of aliphatic hydroxyl groups is 1. The number of methoxy groups -OCH3 is 2. The van der Waals surface area contributed by atoms with Crippen molar-refractivity contribution >= 4 is 0 Å². The Kier molecular flexibility index (Phi) is 10.7. The van der Waals surface area contributed by atoms with Crippen molar-refractivity contribution in [1.82, 2.24) is 0 Å². The summed E-state index contributed by atoms with van der Waals surface area (Å²) >= 11 is 0. The van der Waals surface area contributed by atoms with E-state index < -0.39 is 0 Å². The second-order valence-electron chi connectivity index (χ2n) is 7.96. The van der Waals surface area contributed by atoms with Gasteiger partial charge in [-0.05, 0) is 12.8 Å². The Balaban J connectivity index is 1.55. The molecule has 176 valence electrons. The maximum Gasteiger partial charge on any atom is 0.111 e. The molecule has 0 radical (unpaired) electrons. The van der Waals surface area contributed by atoms with Gasteiger partial charge in [0.15, 0.2) is 0 Å². The van der Waals surface area contributed by atoms with Gasteiger partial charge in [0.05, 0.1) is 90.5 Å². The lowest BCUT2D eigenvalue weighted by molar-refractivity contribution is -0.314. The number of aliphatic hydroxyl groups excluding tert-OH is 1. The maximum absolute atomic E-state index is 9.26. The minimum Gasteiger partial charge on any atom is -0.394 e. The fraction of sp³-hybridized carbons (Fsp3) is 1.00. The highest BCUT2D eigenvalue weighted by atomic mass is 16.6. The van der Waals surface area contributed by atoms with Crippen molar-refractivity contribution in [2.45, 2.75) is 43.4 Å². The molecule has 30 heavy (non-hydrogen) atoms. The summed E-state index contributed by atoms with van der Waals surface area (Å²) in [5.41, 5.74) is 0. The molecular weight excluding hydrogens is 396 g/mol. The SMILES string of the molecule is COCCOCCOC1C2OC3CC([C@H]2OCCO)[C@H](OCCOCCOC)[C@@H]1C3. The fourth-order valence-corrected chi connectivity index (χ4v) is 4.94. The van der Waals surface area contributed by atoms with E-state index in [2.05, 4.69) is 0 Å². The van der Waals surface area contributed by atoms with Crippen molar-refractivity contribution in [1.29, 1.82) is 0 Å². The van der Waals surface area contributed by atoms with E-state index in [9.17, 15) is 5.11 Å². The van der Waals surface area contributed by atoms with Gasteiger partial charge in [-0.25, -0.2) is 0 Å². The average Bonchev–Trinajstić information content (AvgIpc) is 2.75. The lowest BCUT2D eigenvalue weighted by atomic mass is 9.62. The first-order valence-corrected chi connectivity index (χ1v) is 11.0. The fourth-order valence-electron chi connectivity index (χ4n) is 4.94. The standard InChI is InChI=1S/C21H38O9/c1-23-5-7-25-9-11-28-18-16-13-15-14-17(18)20(29-12-10-26-8-6-24-2)21(30-15)19(16)27-4-3-22/h15-22H,3-14H2,1-2H3/t15?,16?,17-,18-,19+,20?,21?/m0/s1. The van der Waals surface area contributed by atoms with Gasteiger partial charge in [0.2, 0.25) is 0 Å². The van der Waals surface area contributed by atoms with E-state index >= 15 is 0 Å². The Morgan fingerprint density at radius 3 is 1.70 bits per heavy atom. The van der Waals surface area contributed by atoms with Gasteiger partial charge in [0, 0.05) is 26.1 Å². The smallest absolute Gasteiger partial charge is 0.111 e. The monoisotopic (exact) mass is 434 g/mol. The highest BCUT2D eigenvalue weighted by Gasteiger charge is 2.61. The zero-order valence-electron chi connectivity index (χ0n) is 18.2. The van der Waals surface area contributed by atoms with E-state index in [-0.39, 0.29) is 55.6 Å². The Morgan fingerprint density at radius 2 is 1.17 bits per heavy atom. The Morgan fingerprint density at radius 1 is 0.667 bits per heavy atom. The maximum atomic E-state index is 9.26. The zero-order chi connectivity index (χ0) is 21.2. The number of hydrogen-bond donors (Lipinski definition) is 1. The average molecular weight is 435 g/mol. The lowest BCUT2D eigenvalue weighted by Gasteiger charge is -2.60. The molecule has 0 aromatic heterocycles. The molecule has 4 fully saturated rings. The quantitative estimate of drug-likeness (QED) is 0.324. The molecule has 0 aromatic carbocycles. The van der Waals surface area contributed by atoms with Crippen molar-refractivity contribution in [3.05, 3.63) is 0 Å². The third kappa shape index (κ3) is 6.34. The third-order valence-corrected chi connectivity index (χ3v) is 6.10. The normalized spacial score (nSPS) is 34.7. The molecule has 4 bridgehead atoms. The topological polar surface area (TPSA) is 94.1 Å². The minimum absolute atomic E-state index is 0.0134. The van der Waals surface area contributed by atoms with Crippen LogP contribution in [0.1, 0.15) is 12.8 Å². The van der Waals surface area contributed by atoms with Crippen LogP contribution >= 0.6 is 0 Å². The second-order valence-corrected chi connectivity index (χ2v) is 7.96. The van der Waals surface area contributed by atoms with Crippen LogP contribution in [0.15, 0.2) is 0 Å².